The predicted octanol–water partition coefficient (Wildman–Crippen LogP) is 0.896. The van der Waals surface area contributed by atoms with Gasteiger partial charge in [0, 0.05) is 45.1 Å². The van der Waals surface area contributed by atoms with Crippen LogP contribution in [0.3, 0.4) is 0 Å². The molecule has 2 aliphatic heterocycles. The van der Waals surface area contributed by atoms with Gasteiger partial charge in [-0.1, -0.05) is 0 Å². The third-order valence-corrected chi connectivity index (χ3v) is 5.25. The van der Waals surface area contributed by atoms with Crippen LogP contribution in [-0.2, 0) is 16.1 Å². The Morgan fingerprint density at radius 1 is 1.08 bits per heavy atom. The maximum atomic E-state index is 12.5. The van der Waals surface area contributed by atoms with E-state index in [9.17, 15) is 9.59 Å². The van der Waals surface area contributed by atoms with E-state index in [1.165, 1.54) is 0 Å². The number of carbonyl (C=O) groups is 2. The van der Waals surface area contributed by atoms with Gasteiger partial charge < -0.3 is 19.1 Å². The van der Waals surface area contributed by atoms with Crippen molar-refractivity contribution >= 4 is 12.0 Å². The smallest absolute Gasteiger partial charge is 0.409 e. The van der Waals surface area contributed by atoms with Gasteiger partial charge in [-0.05, 0) is 38.8 Å². The van der Waals surface area contributed by atoms with E-state index in [1.54, 1.807) is 11.8 Å². The molecule has 3 rings (SSSR count). The molecule has 0 spiro atoms. The van der Waals surface area contributed by atoms with Crippen molar-refractivity contribution in [2.75, 3.05) is 52.4 Å². The van der Waals surface area contributed by atoms with Gasteiger partial charge in [0.1, 0.15) is 0 Å². The zero-order chi connectivity index (χ0) is 18.4. The van der Waals surface area contributed by atoms with Gasteiger partial charge in [0.2, 0.25) is 5.91 Å². The average molecular weight is 363 g/mol. The minimum absolute atomic E-state index is 0.168. The van der Waals surface area contributed by atoms with Gasteiger partial charge in [0.05, 0.1) is 19.5 Å². The first kappa shape index (κ1) is 18.7. The Labute approximate surface area is 154 Å². The lowest BCUT2D eigenvalue weighted by molar-refractivity contribution is -0.134. The minimum Gasteiger partial charge on any atom is -0.450 e. The van der Waals surface area contributed by atoms with Gasteiger partial charge in [-0.3, -0.25) is 9.69 Å². The monoisotopic (exact) mass is 363 g/mol. The van der Waals surface area contributed by atoms with Gasteiger partial charge in [-0.2, -0.15) is 0 Å². The molecule has 1 aromatic heterocycles. The van der Waals surface area contributed by atoms with Gasteiger partial charge in [-0.15, -0.1) is 0 Å². The first-order valence-corrected chi connectivity index (χ1v) is 9.53. The molecule has 2 fully saturated rings. The molecule has 0 radical (unpaired) electrons. The van der Waals surface area contributed by atoms with Crippen LogP contribution in [0.2, 0.25) is 0 Å². The quantitative estimate of drug-likeness (QED) is 0.777. The van der Waals surface area contributed by atoms with Crippen LogP contribution >= 0.6 is 0 Å². The number of likely N-dealkylation sites (tertiary alicyclic amines) is 1. The van der Waals surface area contributed by atoms with E-state index >= 15 is 0 Å². The lowest BCUT2D eigenvalue weighted by Gasteiger charge is -2.36. The highest BCUT2D eigenvalue weighted by molar-refractivity contribution is 5.78. The first-order valence-electron chi connectivity index (χ1n) is 9.53. The number of hydrogen-bond donors (Lipinski definition) is 0. The van der Waals surface area contributed by atoms with Gasteiger partial charge in [-0.25, -0.2) is 9.78 Å². The van der Waals surface area contributed by atoms with Crippen molar-refractivity contribution in [1.82, 2.24) is 24.3 Å². The van der Waals surface area contributed by atoms with Gasteiger partial charge in [0.25, 0.3) is 0 Å². The van der Waals surface area contributed by atoms with Crippen LogP contribution in [0, 0.1) is 5.92 Å². The molecule has 2 saturated heterocycles. The number of aromatic nitrogens is 2. The number of rotatable bonds is 5. The third-order valence-electron chi connectivity index (χ3n) is 5.25. The average Bonchev–Trinajstić information content (AvgIpc) is 3.17. The largest absolute Gasteiger partial charge is 0.450 e. The summed E-state index contributed by atoms with van der Waals surface area (Å²) in [6, 6.07) is 0. The van der Waals surface area contributed by atoms with Crippen molar-refractivity contribution in [3.05, 3.63) is 18.7 Å². The number of imidazole rings is 1. The fraction of sp³-hybridized carbons (Fsp3) is 0.722. The lowest BCUT2D eigenvalue weighted by Crippen LogP contribution is -2.53. The molecule has 144 valence electrons. The highest BCUT2D eigenvalue weighted by Gasteiger charge is 2.27. The molecule has 2 amide bonds. The van der Waals surface area contributed by atoms with E-state index < -0.39 is 0 Å². The van der Waals surface area contributed by atoms with Crippen molar-refractivity contribution in [1.29, 1.82) is 0 Å². The molecule has 26 heavy (non-hydrogen) atoms. The zero-order valence-corrected chi connectivity index (χ0v) is 15.5. The molecule has 0 atom stereocenters. The third kappa shape index (κ3) is 4.97. The Balaban J connectivity index is 1.36. The molecule has 0 aromatic carbocycles. The summed E-state index contributed by atoms with van der Waals surface area (Å²) < 4.78 is 7.15. The fourth-order valence-corrected chi connectivity index (χ4v) is 3.66. The first-order chi connectivity index (χ1) is 12.7. The number of amides is 2. The summed E-state index contributed by atoms with van der Waals surface area (Å²) >= 11 is 0. The summed E-state index contributed by atoms with van der Waals surface area (Å²) in [5.74, 6) is 0.824. The summed E-state index contributed by atoms with van der Waals surface area (Å²) in [5.41, 5.74) is 0. The topological polar surface area (TPSA) is 70.9 Å². The van der Waals surface area contributed by atoms with Crippen molar-refractivity contribution in [3.63, 3.8) is 0 Å². The lowest BCUT2D eigenvalue weighted by atomic mass is 9.96. The Morgan fingerprint density at radius 3 is 2.38 bits per heavy atom. The number of hydrogen-bond acceptors (Lipinski definition) is 5. The van der Waals surface area contributed by atoms with Crippen LogP contribution in [0.1, 0.15) is 19.8 Å². The number of ether oxygens (including phenoxy) is 1. The SMILES string of the molecule is CCOC(=O)N1CCN(C(=O)CN2CCC(Cn3ccnc3)CC2)CC1. The van der Waals surface area contributed by atoms with Crippen LogP contribution < -0.4 is 0 Å². The molecule has 8 heteroatoms. The van der Waals surface area contributed by atoms with E-state index in [0.29, 0.717) is 45.2 Å². The van der Waals surface area contributed by atoms with Crippen LogP contribution in [0.5, 0.6) is 0 Å². The fourth-order valence-electron chi connectivity index (χ4n) is 3.66. The van der Waals surface area contributed by atoms with E-state index in [2.05, 4.69) is 14.5 Å². The van der Waals surface area contributed by atoms with Crippen molar-refractivity contribution in [3.8, 4) is 0 Å². The second-order valence-corrected chi connectivity index (χ2v) is 7.05. The Bertz CT molecular complexity index is 576. The van der Waals surface area contributed by atoms with Crippen LogP contribution in [-0.4, -0.2) is 88.7 Å². The second kappa shape index (κ2) is 9.02. The number of piperazine rings is 1. The van der Waals surface area contributed by atoms with E-state index in [-0.39, 0.29) is 12.0 Å². The molecule has 0 saturated carbocycles. The summed E-state index contributed by atoms with van der Waals surface area (Å²) in [7, 11) is 0. The molecule has 0 aliphatic carbocycles. The van der Waals surface area contributed by atoms with Crippen molar-refractivity contribution in [2.45, 2.75) is 26.3 Å². The zero-order valence-electron chi connectivity index (χ0n) is 15.5. The van der Waals surface area contributed by atoms with Gasteiger partial charge in [0.15, 0.2) is 0 Å². The second-order valence-electron chi connectivity index (χ2n) is 7.05. The maximum absolute atomic E-state index is 12.5. The number of nitrogens with zero attached hydrogens (tertiary/aromatic N) is 5. The Morgan fingerprint density at radius 2 is 1.77 bits per heavy atom. The highest BCUT2D eigenvalue weighted by Crippen LogP contribution is 2.19. The van der Waals surface area contributed by atoms with Crippen molar-refractivity contribution < 1.29 is 14.3 Å². The number of piperidine rings is 1. The molecule has 0 bridgehead atoms. The Hall–Kier alpha value is -2.09. The summed E-state index contributed by atoms with van der Waals surface area (Å²) in [6.45, 7) is 7.90. The summed E-state index contributed by atoms with van der Waals surface area (Å²) in [4.78, 5) is 34.2. The molecular formula is C18H29N5O3. The molecule has 0 unspecified atom stereocenters. The predicted molar refractivity (Wildman–Crippen MR) is 96.6 cm³/mol. The van der Waals surface area contributed by atoms with E-state index in [0.717, 1.165) is 32.5 Å². The molecule has 8 nitrogen and oxygen atoms in total. The van der Waals surface area contributed by atoms with Crippen molar-refractivity contribution in [2.24, 2.45) is 5.92 Å². The summed E-state index contributed by atoms with van der Waals surface area (Å²) in [5, 5.41) is 0. The molecular weight excluding hydrogens is 334 g/mol. The van der Waals surface area contributed by atoms with E-state index in [1.807, 2.05) is 23.6 Å². The standard InChI is InChI=1S/C18H29N5O3/c1-2-26-18(25)23-11-9-22(10-12-23)17(24)14-20-6-3-16(4-7-20)13-21-8-5-19-15-21/h5,8,15-16H,2-4,6-7,9-14H2,1H3. The molecule has 2 aliphatic rings. The minimum atomic E-state index is -0.278. The summed E-state index contributed by atoms with van der Waals surface area (Å²) in [6.07, 6.45) is 7.64. The van der Waals surface area contributed by atoms with Gasteiger partial charge >= 0.3 is 6.09 Å². The molecule has 3 heterocycles. The van der Waals surface area contributed by atoms with Crippen LogP contribution in [0.25, 0.3) is 0 Å². The highest BCUT2D eigenvalue weighted by atomic mass is 16.6. The Kier molecular flexibility index (Phi) is 6.49. The maximum Gasteiger partial charge on any atom is 0.409 e. The van der Waals surface area contributed by atoms with E-state index in [4.69, 9.17) is 4.74 Å². The van der Waals surface area contributed by atoms with Crippen LogP contribution in [0.4, 0.5) is 4.79 Å². The van der Waals surface area contributed by atoms with Crippen LogP contribution in [0.15, 0.2) is 18.7 Å². The molecule has 0 N–H and O–H groups in total. The number of carbonyl (C=O) groups excluding carboxylic acids is 2. The normalized spacial score (nSPS) is 19.6. The molecule has 1 aromatic rings.